The molecule has 0 saturated carbocycles. The number of halogens is 4. The van der Waals surface area contributed by atoms with E-state index in [9.17, 15) is 13.2 Å². The first-order chi connectivity index (χ1) is 9.36. The lowest BCUT2D eigenvalue weighted by molar-refractivity contribution is -0.137. The Labute approximate surface area is 119 Å². The van der Waals surface area contributed by atoms with Gasteiger partial charge in [-0.3, -0.25) is 4.98 Å². The number of nitrogens with zero attached hydrogens (tertiary/aromatic N) is 1. The van der Waals surface area contributed by atoms with E-state index < -0.39 is 11.7 Å². The third kappa shape index (κ3) is 3.71. The predicted molar refractivity (Wildman–Crippen MR) is 71.3 cm³/mol. The van der Waals surface area contributed by atoms with Crippen molar-refractivity contribution in [3.63, 3.8) is 0 Å². The minimum Gasteiger partial charge on any atom is -0.322 e. The fourth-order valence-corrected chi connectivity index (χ4v) is 1.91. The molecule has 2 N–H and O–H groups in total. The Morgan fingerprint density at radius 1 is 1.10 bits per heavy atom. The maximum atomic E-state index is 12.4. The predicted octanol–water partition coefficient (Wildman–Crippen LogP) is 4.00. The Balaban J connectivity index is 2.08. The third-order valence-corrected chi connectivity index (χ3v) is 3.09. The summed E-state index contributed by atoms with van der Waals surface area (Å²) >= 11 is 5.73. The molecular formula is C14H12ClF3N2. The first-order valence-electron chi connectivity index (χ1n) is 5.89. The molecule has 0 saturated heterocycles. The molecule has 1 aromatic carbocycles. The van der Waals surface area contributed by atoms with Crippen LogP contribution in [0.5, 0.6) is 0 Å². The number of rotatable bonds is 3. The van der Waals surface area contributed by atoms with Crippen molar-refractivity contribution in [3.8, 4) is 0 Å². The SMILES string of the molecule is NC(Cc1ccc(C(F)(F)F)cc1)c1ccc(Cl)cn1. The smallest absolute Gasteiger partial charge is 0.322 e. The first-order valence-corrected chi connectivity index (χ1v) is 6.27. The molecule has 1 aromatic heterocycles. The zero-order chi connectivity index (χ0) is 14.8. The largest absolute Gasteiger partial charge is 0.416 e. The summed E-state index contributed by atoms with van der Waals surface area (Å²) in [6.07, 6.45) is -2.42. The number of benzene rings is 1. The van der Waals surface area contributed by atoms with Gasteiger partial charge in [-0.05, 0) is 36.2 Å². The molecular weight excluding hydrogens is 289 g/mol. The number of nitrogens with two attached hydrogens (primary N) is 1. The van der Waals surface area contributed by atoms with E-state index in [1.165, 1.54) is 18.3 Å². The number of hydrogen-bond acceptors (Lipinski definition) is 2. The van der Waals surface area contributed by atoms with E-state index in [0.29, 0.717) is 17.1 Å². The van der Waals surface area contributed by atoms with Crippen molar-refractivity contribution in [3.05, 3.63) is 64.4 Å². The quantitative estimate of drug-likeness (QED) is 0.930. The second-order valence-corrected chi connectivity index (χ2v) is 4.84. The molecule has 106 valence electrons. The maximum absolute atomic E-state index is 12.4. The Morgan fingerprint density at radius 2 is 1.75 bits per heavy atom. The second kappa shape index (κ2) is 5.81. The molecule has 0 amide bonds. The van der Waals surface area contributed by atoms with Crippen LogP contribution in [0, 0.1) is 0 Å². The molecule has 6 heteroatoms. The van der Waals surface area contributed by atoms with Crippen molar-refractivity contribution in [2.75, 3.05) is 0 Å². The number of alkyl halides is 3. The van der Waals surface area contributed by atoms with Crippen LogP contribution < -0.4 is 5.73 Å². The normalized spacial score (nSPS) is 13.2. The maximum Gasteiger partial charge on any atom is 0.416 e. The zero-order valence-corrected chi connectivity index (χ0v) is 11.1. The summed E-state index contributed by atoms with van der Waals surface area (Å²) in [4.78, 5) is 4.09. The molecule has 2 nitrogen and oxygen atoms in total. The van der Waals surface area contributed by atoms with E-state index >= 15 is 0 Å². The van der Waals surface area contributed by atoms with E-state index in [1.54, 1.807) is 12.1 Å². The van der Waals surface area contributed by atoms with Gasteiger partial charge in [-0.25, -0.2) is 0 Å². The molecule has 2 rings (SSSR count). The van der Waals surface area contributed by atoms with Gasteiger partial charge in [0.25, 0.3) is 0 Å². The van der Waals surface area contributed by atoms with Crippen molar-refractivity contribution in [2.45, 2.75) is 18.6 Å². The lowest BCUT2D eigenvalue weighted by atomic mass is 10.0. The summed E-state index contributed by atoms with van der Waals surface area (Å²) in [6, 6.07) is 7.96. The van der Waals surface area contributed by atoms with Crippen molar-refractivity contribution >= 4 is 11.6 Å². The second-order valence-electron chi connectivity index (χ2n) is 4.41. The molecule has 1 atom stereocenters. The number of hydrogen-bond donors (Lipinski definition) is 1. The van der Waals surface area contributed by atoms with Crippen molar-refractivity contribution < 1.29 is 13.2 Å². The number of pyridine rings is 1. The van der Waals surface area contributed by atoms with Crippen LogP contribution in [0.4, 0.5) is 13.2 Å². The van der Waals surface area contributed by atoms with E-state index in [1.807, 2.05) is 0 Å². The minimum absolute atomic E-state index is 0.385. The van der Waals surface area contributed by atoms with Crippen LogP contribution in [-0.2, 0) is 12.6 Å². The Morgan fingerprint density at radius 3 is 2.25 bits per heavy atom. The van der Waals surface area contributed by atoms with Crippen LogP contribution in [0.2, 0.25) is 5.02 Å². The standard InChI is InChI=1S/C14H12ClF3N2/c15-11-5-6-13(20-8-11)12(19)7-9-1-3-10(4-2-9)14(16,17)18/h1-6,8,12H,7,19H2. The Hall–Kier alpha value is -1.59. The van der Waals surface area contributed by atoms with Gasteiger partial charge in [0.1, 0.15) is 0 Å². The summed E-state index contributed by atoms with van der Waals surface area (Å²) in [5.74, 6) is 0. The van der Waals surface area contributed by atoms with Gasteiger partial charge in [0.2, 0.25) is 0 Å². The monoisotopic (exact) mass is 300 g/mol. The van der Waals surface area contributed by atoms with Gasteiger partial charge < -0.3 is 5.73 Å². The zero-order valence-electron chi connectivity index (χ0n) is 10.4. The molecule has 0 fully saturated rings. The highest BCUT2D eigenvalue weighted by Crippen LogP contribution is 2.29. The Kier molecular flexibility index (Phi) is 4.30. The van der Waals surface area contributed by atoms with E-state index in [4.69, 9.17) is 17.3 Å². The molecule has 0 aliphatic heterocycles. The van der Waals surface area contributed by atoms with Crippen LogP contribution in [0.25, 0.3) is 0 Å². The van der Waals surface area contributed by atoms with Crippen LogP contribution in [0.15, 0.2) is 42.6 Å². The summed E-state index contributed by atoms with van der Waals surface area (Å²) in [7, 11) is 0. The molecule has 2 aromatic rings. The van der Waals surface area contributed by atoms with E-state index in [-0.39, 0.29) is 6.04 Å². The van der Waals surface area contributed by atoms with E-state index in [0.717, 1.165) is 17.7 Å². The molecule has 1 unspecified atom stereocenters. The topological polar surface area (TPSA) is 38.9 Å². The average molecular weight is 301 g/mol. The highest BCUT2D eigenvalue weighted by atomic mass is 35.5. The molecule has 0 bridgehead atoms. The first kappa shape index (κ1) is 14.8. The fourth-order valence-electron chi connectivity index (χ4n) is 1.79. The van der Waals surface area contributed by atoms with Crippen LogP contribution in [0.1, 0.15) is 22.9 Å². The van der Waals surface area contributed by atoms with Crippen LogP contribution >= 0.6 is 11.6 Å². The van der Waals surface area contributed by atoms with Crippen molar-refractivity contribution in [1.29, 1.82) is 0 Å². The van der Waals surface area contributed by atoms with E-state index in [2.05, 4.69) is 4.98 Å². The highest BCUT2D eigenvalue weighted by molar-refractivity contribution is 6.30. The van der Waals surface area contributed by atoms with Crippen molar-refractivity contribution in [1.82, 2.24) is 4.98 Å². The molecule has 0 aliphatic rings. The van der Waals surface area contributed by atoms with Gasteiger partial charge in [0, 0.05) is 6.20 Å². The fraction of sp³-hybridized carbons (Fsp3) is 0.214. The lowest BCUT2D eigenvalue weighted by Crippen LogP contribution is -2.15. The van der Waals surface area contributed by atoms with Crippen LogP contribution in [-0.4, -0.2) is 4.98 Å². The lowest BCUT2D eigenvalue weighted by Gasteiger charge is -2.12. The summed E-state index contributed by atoms with van der Waals surface area (Å²) in [5.41, 5.74) is 6.68. The molecule has 1 heterocycles. The Bertz CT molecular complexity index is 564. The third-order valence-electron chi connectivity index (χ3n) is 2.87. The van der Waals surface area contributed by atoms with Gasteiger partial charge in [-0.15, -0.1) is 0 Å². The molecule has 0 aliphatic carbocycles. The summed E-state index contributed by atoms with van der Waals surface area (Å²) in [5, 5.41) is 0.510. The van der Waals surface area contributed by atoms with Crippen molar-refractivity contribution in [2.24, 2.45) is 5.73 Å². The van der Waals surface area contributed by atoms with Crippen LogP contribution in [0.3, 0.4) is 0 Å². The van der Waals surface area contributed by atoms with Gasteiger partial charge in [-0.2, -0.15) is 13.2 Å². The highest BCUT2D eigenvalue weighted by Gasteiger charge is 2.29. The molecule has 20 heavy (non-hydrogen) atoms. The van der Waals surface area contributed by atoms with Gasteiger partial charge in [0.15, 0.2) is 0 Å². The minimum atomic E-state index is -4.32. The summed E-state index contributed by atoms with van der Waals surface area (Å²) < 4.78 is 37.3. The van der Waals surface area contributed by atoms with Gasteiger partial charge in [0.05, 0.1) is 22.3 Å². The van der Waals surface area contributed by atoms with Gasteiger partial charge in [-0.1, -0.05) is 23.7 Å². The average Bonchev–Trinajstić information content (AvgIpc) is 2.39. The van der Waals surface area contributed by atoms with Gasteiger partial charge >= 0.3 is 6.18 Å². The molecule has 0 radical (unpaired) electrons. The number of aromatic nitrogens is 1. The molecule has 0 spiro atoms. The summed E-state index contributed by atoms with van der Waals surface area (Å²) in [6.45, 7) is 0.